The number of nitrogens with two attached hydrogens (primary N) is 1. The molecule has 0 bridgehead atoms. The normalized spacial score (nSPS) is 12.2. The molecule has 1 rings (SSSR count). The summed E-state index contributed by atoms with van der Waals surface area (Å²) < 4.78 is 10.8. The summed E-state index contributed by atoms with van der Waals surface area (Å²) in [4.78, 5) is 0. The highest BCUT2D eigenvalue weighted by atomic mass is 16.5. The summed E-state index contributed by atoms with van der Waals surface area (Å²) in [5, 5.41) is 0. The third-order valence-electron chi connectivity index (χ3n) is 2.46. The van der Waals surface area contributed by atoms with Gasteiger partial charge in [0.1, 0.15) is 11.5 Å². The van der Waals surface area contributed by atoms with Crippen LogP contribution >= 0.6 is 0 Å². The molecule has 0 aromatic heterocycles. The van der Waals surface area contributed by atoms with Crippen molar-refractivity contribution < 1.29 is 9.47 Å². The van der Waals surface area contributed by atoms with E-state index >= 15 is 0 Å². The van der Waals surface area contributed by atoms with E-state index in [2.05, 4.69) is 6.92 Å². The summed E-state index contributed by atoms with van der Waals surface area (Å²) in [7, 11) is 1.66. The zero-order valence-electron chi connectivity index (χ0n) is 10.1. The van der Waals surface area contributed by atoms with Gasteiger partial charge in [-0.25, -0.2) is 0 Å². The van der Waals surface area contributed by atoms with Crippen LogP contribution in [0.15, 0.2) is 24.3 Å². The van der Waals surface area contributed by atoms with Crippen LogP contribution < -0.4 is 15.2 Å². The van der Waals surface area contributed by atoms with E-state index in [1.165, 1.54) is 0 Å². The minimum Gasteiger partial charge on any atom is -0.497 e. The molecule has 0 amide bonds. The number of methoxy groups -OCH3 is 1. The number of hydrogen-bond acceptors (Lipinski definition) is 3. The van der Waals surface area contributed by atoms with Crippen LogP contribution in [0.3, 0.4) is 0 Å². The highest BCUT2D eigenvalue weighted by Crippen LogP contribution is 2.19. The lowest BCUT2D eigenvalue weighted by atomic mass is 10.2. The van der Waals surface area contributed by atoms with Crippen molar-refractivity contribution in [1.82, 2.24) is 0 Å². The van der Waals surface area contributed by atoms with Gasteiger partial charge in [0.25, 0.3) is 0 Å². The molecule has 3 nitrogen and oxygen atoms in total. The lowest BCUT2D eigenvalue weighted by molar-refractivity contribution is 0.207. The Morgan fingerprint density at radius 3 is 2.31 bits per heavy atom. The average Bonchev–Trinajstić information content (AvgIpc) is 2.30. The number of benzene rings is 1. The minimum absolute atomic E-state index is 0.236. The molecule has 1 aromatic carbocycles. The van der Waals surface area contributed by atoms with Crippen LogP contribution in [0.5, 0.6) is 11.5 Å². The zero-order chi connectivity index (χ0) is 11.8. The smallest absolute Gasteiger partial charge is 0.119 e. The van der Waals surface area contributed by atoms with Gasteiger partial charge in [-0.3, -0.25) is 0 Å². The lowest BCUT2D eigenvalue weighted by Crippen LogP contribution is -2.12. The standard InChI is InChI=1S/C13H21NO2/c1-11(5-3-4-10-14)16-13-8-6-12(15-2)7-9-13/h6-9,11H,3-5,10,14H2,1-2H3. The SMILES string of the molecule is COc1ccc(OC(C)CCCCN)cc1. The Labute approximate surface area is 97.6 Å². The van der Waals surface area contributed by atoms with Crippen molar-refractivity contribution in [3.8, 4) is 11.5 Å². The number of hydrogen-bond donors (Lipinski definition) is 1. The molecular formula is C13H21NO2. The number of unbranched alkanes of at least 4 members (excludes halogenated alkanes) is 1. The molecule has 16 heavy (non-hydrogen) atoms. The van der Waals surface area contributed by atoms with Gasteiger partial charge in [0.2, 0.25) is 0 Å². The van der Waals surface area contributed by atoms with E-state index in [4.69, 9.17) is 15.2 Å². The van der Waals surface area contributed by atoms with E-state index in [0.29, 0.717) is 0 Å². The Morgan fingerprint density at radius 2 is 1.75 bits per heavy atom. The van der Waals surface area contributed by atoms with Crippen LogP contribution in [0.25, 0.3) is 0 Å². The van der Waals surface area contributed by atoms with Crippen molar-refractivity contribution in [1.29, 1.82) is 0 Å². The van der Waals surface area contributed by atoms with E-state index < -0.39 is 0 Å². The third kappa shape index (κ3) is 4.53. The molecule has 0 aliphatic carbocycles. The molecule has 1 atom stereocenters. The maximum absolute atomic E-state index is 5.76. The lowest BCUT2D eigenvalue weighted by Gasteiger charge is -2.14. The van der Waals surface area contributed by atoms with E-state index in [-0.39, 0.29) is 6.10 Å². The summed E-state index contributed by atoms with van der Waals surface area (Å²) >= 11 is 0. The number of ether oxygens (including phenoxy) is 2. The number of rotatable bonds is 7. The second-order valence-electron chi connectivity index (χ2n) is 3.89. The van der Waals surface area contributed by atoms with E-state index in [1.54, 1.807) is 7.11 Å². The summed E-state index contributed by atoms with van der Waals surface area (Å²) in [5.41, 5.74) is 5.44. The molecule has 0 heterocycles. The predicted molar refractivity (Wildman–Crippen MR) is 66.0 cm³/mol. The van der Waals surface area contributed by atoms with Crippen LogP contribution in [0.2, 0.25) is 0 Å². The fourth-order valence-corrected chi connectivity index (χ4v) is 1.52. The summed E-state index contributed by atoms with van der Waals surface area (Å²) in [6.07, 6.45) is 3.47. The Balaban J connectivity index is 2.34. The van der Waals surface area contributed by atoms with E-state index in [0.717, 1.165) is 37.3 Å². The summed E-state index contributed by atoms with van der Waals surface area (Å²) in [5.74, 6) is 1.74. The first-order valence-electron chi connectivity index (χ1n) is 5.77. The van der Waals surface area contributed by atoms with E-state index in [1.807, 2.05) is 24.3 Å². The molecule has 0 fully saturated rings. The molecule has 1 unspecified atom stereocenters. The molecule has 0 aliphatic heterocycles. The predicted octanol–water partition coefficient (Wildman–Crippen LogP) is 2.59. The van der Waals surface area contributed by atoms with Crippen LogP contribution in [-0.4, -0.2) is 19.8 Å². The molecule has 0 spiro atoms. The van der Waals surface area contributed by atoms with Crippen LogP contribution in [0.1, 0.15) is 26.2 Å². The quantitative estimate of drug-likeness (QED) is 0.723. The van der Waals surface area contributed by atoms with Gasteiger partial charge in [0, 0.05) is 0 Å². The molecule has 0 aliphatic rings. The third-order valence-corrected chi connectivity index (χ3v) is 2.46. The molecule has 0 saturated heterocycles. The maximum atomic E-state index is 5.76. The first-order chi connectivity index (χ1) is 7.76. The van der Waals surface area contributed by atoms with Gasteiger partial charge in [0.05, 0.1) is 13.2 Å². The maximum Gasteiger partial charge on any atom is 0.119 e. The van der Waals surface area contributed by atoms with Gasteiger partial charge in [-0.15, -0.1) is 0 Å². The highest BCUT2D eigenvalue weighted by molar-refractivity contribution is 5.31. The first-order valence-corrected chi connectivity index (χ1v) is 5.77. The fourth-order valence-electron chi connectivity index (χ4n) is 1.52. The van der Waals surface area contributed by atoms with Crippen molar-refractivity contribution in [3.63, 3.8) is 0 Å². The Hall–Kier alpha value is -1.22. The van der Waals surface area contributed by atoms with Crippen molar-refractivity contribution in [2.45, 2.75) is 32.3 Å². The average molecular weight is 223 g/mol. The van der Waals surface area contributed by atoms with Gasteiger partial charge >= 0.3 is 0 Å². The van der Waals surface area contributed by atoms with Gasteiger partial charge in [-0.1, -0.05) is 0 Å². The summed E-state index contributed by atoms with van der Waals surface area (Å²) in [6, 6.07) is 7.67. The topological polar surface area (TPSA) is 44.5 Å². The fraction of sp³-hybridized carbons (Fsp3) is 0.538. The molecule has 0 radical (unpaired) electrons. The van der Waals surface area contributed by atoms with Crippen LogP contribution in [0, 0.1) is 0 Å². The highest BCUT2D eigenvalue weighted by Gasteiger charge is 2.03. The van der Waals surface area contributed by atoms with Crippen molar-refractivity contribution in [3.05, 3.63) is 24.3 Å². The minimum atomic E-state index is 0.236. The van der Waals surface area contributed by atoms with Gasteiger partial charge in [-0.2, -0.15) is 0 Å². The van der Waals surface area contributed by atoms with Crippen LogP contribution in [-0.2, 0) is 0 Å². The van der Waals surface area contributed by atoms with Gasteiger partial charge < -0.3 is 15.2 Å². The van der Waals surface area contributed by atoms with Crippen LogP contribution in [0.4, 0.5) is 0 Å². The van der Waals surface area contributed by atoms with E-state index in [9.17, 15) is 0 Å². The molecule has 2 N–H and O–H groups in total. The second-order valence-corrected chi connectivity index (χ2v) is 3.89. The molecule has 3 heteroatoms. The molecule has 90 valence electrons. The molecule has 1 aromatic rings. The molecular weight excluding hydrogens is 202 g/mol. The largest absolute Gasteiger partial charge is 0.497 e. The monoisotopic (exact) mass is 223 g/mol. The van der Waals surface area contributed by atoms with Gasteiger partial charge in [0.15, 0.2) is 0 Å². The zero-order valence-corrected chi connectivity index (χ0v) is 10.1. The van der Waals surface area contributed by atoms with Crippen molar-refractivity contribution in [2.24, 2.45) is 5.73 Å². The Kier molecular flexibility index (Phi) is 5.72. The second kappa shape index (κ2) is 7.12. The Bertz CT molecular complexity index is 284. The Morgan fingerprint density at radius 1 is 1.12 bits per heavy atom. The van der Waals surface area contributed by atoms with Gasteiger partial charge in [-0.05, 0) is 57.0 Å². The molecule has 0 saturated carbocycles. The van der Waals surface area contributed by atoms with Crippen molar-refractivity contribution in [2.75, 3.05) is 13.7 Å². The summed E-state index contributed by atoms with van der Waals surface area (Å²) in [6.45, 7) is 2.84. The van der Waals surface area contributed by atoms with Crippen molar-refractivity contribution >= 4 is 0 Å². The first kappa shape index (κ1) is 12.8.